The van der Waals surface area contributed by atoms with Crippen molar-refractivity contribution in [2.75, 3.05) is 6.61 Å². The average Bonchev–Trinajstić information content (AvgIpc) is 2.78. The lowest BCUT2D eigenvalue weighted by Gasteiger charge is -2.16. The summed E-state index contributed by atoms with van der Waals surface area (Å²) in [5.74, 6) is 6.45. The Labute approximate surface area is 111 Å². The van der Waals surface area contributed by atoms with Crippen LogP contribution in [0.1, 0.15) is 29.0 Å². The number of nitrogens with one attached hydrogen (secondary N) is 1. The minimum absolute atomic E-state index is 0.0436. The highest BCUT2D eigenvalue weighted by atomic mass is 32.1. The van der Waals surface area contributed by atoms with E-state index in [1.807, 2.05) is 19.2 Å². The third kappa shape index (κ3) is 2.69. The van der Waals surface area contributed by atoms with E-state index in [2.05, 4.69) is 28.8 Å². The van der Waals surface area contributed by atoms with Gasteiger partial charge in [0.15, 0.2) is 0 Å². The van der Waals surface area contributed by atoms with Crippen LogP contribution in [0.4, 0.5) is 0 Å². The van der Waals surface area contributed by atoms with Gasteiger partial charge >= 0.3 is 0 Å². The summed E-state index contributed by atoms with van der Waals surface area (Å²) in [4.78, 5) is 5.40. The maximum absolute atomic E-state index is 5.68. The zero-order valence-electron chi connectivity index (χ0n) is 10.5. The van der Waals surface area contributed by atoms with Crippen molar-refractivity contribution in [3.05, 3.63) is 45.9 Å². The van der Waals surface area contributed by atoms with E-state index in [4.69, 9.17) is 10.6 Å². The molecule has 2 rings (SSSR count). The van der Waals surface area contributed by atoms with E-state index < -0.39 is 0 Å². The number of ether oxygens (including phenoxy) is 1. The molecule has 2 aromatic rings. The normalized spacial score (nSPS) is 12.4. The zero-order valence-corrected chi connectivity index (χ0v) is 11.3. The Bertz CT molecular complexity index is 512. The molecule has 0 saturated carbocycles. The van der Waals surface area contributed by atoms with Gasteiger partial charge in [-0.1, -0.05) is 0 Å². The molecule has 0 aromatic carbocycles. The van der Waals surface area contributed by atoms with Crippen molar-refractivity contribution in [3.8, 4) is 5.75 Å². The van der Waals surface area contributed by atoms with Gasteiger partial charge in [-0.15, -0.1) is 11.3 Å². The van der Waals surface area contributed by atoms with Crippen molar-refractivity contribution >= 4 is 11.3 Å². The number of thiophene rings is 1. The Morgan fingerprint density at radius 1 is 1.50 bits per heavy atom. The monoisotopic (exact) mass is 263 g/mol. The molecule has 2 heterocycles. The predicted molar refractivity (Wildman–Crippen MR) is 73.6 cm³/mol. The first-order chi connectivity index (χ1) is 8.76. The molecule has 0 aliphatic carbocycles. The van der Waals surface area contributed by atoms with Gasteiger partial charge in [0, 0.05) is 11.1 Å². The topological polar surface area (TPSA) is 60.2 Å². The van der Waals surface area contributed by atoms with Gasteiger partial charge in [0.25, 0.3) is 0 Å². The number of hydrazine groups is 1. The molecule has 1 unspecified atom stereocenters. The standard InChI is InChI=1S/C13H17N3OS/c1-3-17-11-6-10(7-15-8-11)12(16-14)13-9(2)4-5-18-13/h4-8,12,16H,3,14H2,1-2H3. The first kappa shape index (κ1) is 13.0. The highest BCUT2D eigenvalue weighted by molar-refractivity contribution is 7.10. The predicted octanol–water partition coefficient (Wildman–Crippen LogP) is 2.40. The quantitative estimate of drug-likeness (QED) is 0.642. The second kappa shape index (κ2) is 5.95. The summed E-state index contributed by atoms with van der Waals surface area (Å²) < 4.78 is 5.46. The van der Waals surface area contributed by atoms with Crippen LogP contribution in [0.3, 0.4) is 0 Å². The molecule has 4 nitrogen and oxygen atoms in total. The van der Waals surface area contributed by atoms with Crippen LogP contribution in [0.5, 0.6) is 5.75 Å². The lowest BCUT2D eigenvalue weighted by molar-refractivity contribution is 0.338. The van der Waals surface area contributed by atoms with Gasteiger partial charge in [-0.2, -0.15) is 0 Å². The third-order valence-electron chi connectivity index (χ3n) is 2.71. The number of aromatic nitrogens is 1. The van der Waals surface area contributed by atoms with E-state index in [-0.39, 0.29) is 6.04 Å². The molecular weight excluding hydrogens is 246 g/mol. The van der Waals surface area contributed by atoms with Crippen molar-refractivity contribution < 1.29 is 4.74 Å². The third-order valence-corrected chi connectivity index (χ3v) is 3.79. The number of nitrogens with zero attached hydrogens (tertiary/aromatic N) is 1. The molecule has 2 aromatic heterocycles. The van der Waals surface area contributed by atoms with Gasteiger partial charge in [0.1, 0.15) is 5.75 Å². The Morgan fingerprint density at radius 2 is 2.33 bits per heavy atom. The fourth-order valence-electron chi connectivity index (χ4n) is 1.84. The van der Waals surface area contributed by atoms with E-state index in [0.717, 1.165) is 11.3 Å². The number of aryl methyl sites for hydroxylation is 1. The molecule has 0 bridgehead atoms. The molecule has 1 atom stereocenters. The van der Waals surface area contributed by atoms with Gasteiger partial charge in [-0.25, -0.2) is 5.43 Å². The fourth-order valence-corrected chi connectivity index (χ4v) is 2.86. The summed E-state index contributed by atoms with van der Waals surface area (Å²) in [6.07, 6.45) is 3.52. The number of hydrogen-bond acceptors (Lipinski definition) is 5. The zero-order chi connectivity index (χ0) is 13.0. The smallest absolute Gasteiger partial charge is 0.137 e. The van der Waals surface area contributed by atoms with Crippen LogP contribution in [0.2, 0.25) is 0 Å². The number of rotatable bonds is 5. The van der Waals surface area contributed by atoms with Crippen LogP contribution < -0.4 is 16.0 Å². The number of nitrogens with two attached hydrogens (primary N) is 1. The number of hydrogen-bond donors (Lipinski definition) is 2. The second-order valence-electron chi connectivity index (χ2n) is 3.95. The molecule has 0 aliphatic rings. The minimum atomic E-state index is -0.0436. The molecule has 0 fully saturated rings. The Kier molecular flexibility index (Phi) is 4.30. The molecule has 0 radical (unpaired) electrons. The van der Waals surface area contributed by atoms with Crippen molar-refractivity contribution in [2.24, 2.45) is 5.84 Å². The summed E-state index contributed by atoms with van der Waals surface area (Å²) in [6.45, 7) is 4.66. The van der Waals surface area contributed by atoms with Gasteiger partial charge in [-0.05, 0) is 42.5 Å². The van der Waals surface area contributed by atoms with Crippen LogP contribution >= 0.6 is 11.3 Å². The maximum Gasteiger partial charge on any atom is 0.137 e. The van der Waals surface area contributed by atoms with Crippen molar-refractivity contribution in [2.45, 2.75) is 19.9 Å². The molecule has 3 N–H and O–H groups in total. The van der Waals surface area contributed by atoms with Crippen molar-refractivity contribution in [1.29, 1.82) is 0 Å². The van der Waals surface area contributed by atoms with E-state index in [1.165, 1.54) is 10.4 Å². The lowest BCUT2D eigenvalue weighted by Crippen LogP contribution is -2.28. The molecule has 0 amide bonds. The van der Waals surface area contributed by atoms with Crippen LogP contribution in [0, 0.1) is 6.92 Å². The molecule has 0 spiro atoms. The Morgan fingerprint density at radius 3 is 2.94 bits per heavy atom. The van der Waals surface area contributed by atoms with Crippen LogP contribution in [-0.2, 0) is 0 Å². The summed E-state index contributed by atoms with van der Waals surface area (Å²) in [5.41, 5.74) is 5.08. The fraction of sp³-hybridized carbons (Fsp3) is 0.308. The molecule has 0 saturated heterocycles. The molecular formula is C13H17N3OS. The van der Waals surface area contributed by atoms with Crippen LogP contribution in [0.15, 0.2) is 29.9 Å². The minimum Gasteiger partial charge on any atom is -0.492 e. The molecule has 0 aliphatic heterocycles. The first-order valence-corrected chi connectivity index (χ1v) is 6.72. The van der Waals surface area contributed by atoms with Gasteiger partial charge in [0.05, 0.1) is 18.8 Å². The van der Waals surface area contributed by atoms with Crippen molar-refractivity contribution in [1.82, 2.24) is 10.4 Å². The largest absolute Gasteiger partial charge is 0.492 e. The lowest BCUT2D eigenvalue weighted by atomic mass is 10.1. The second-order valence-corrected chi connectivity index (χ2v) is 4.90. The molecule has 96 valence electrons. The van der Waals surface area contributed by atoms with E-state index in [0.29, 0.717) is 6.61 Å². The van der Waals surface area contributed by atoms with Crippen LogP contribution in [-0.4, -0.2) is 11.6 Å². The van der Waals surface area contributed by atoms with Gasteiger partial charge < -0.3 is 4.74 Å². The van der Waals surface area contributed by atoms with E-state index in [1.54, 1.807) is 17.5 Å². The summed E-state index contributed by atoms with van der Waals surface area (Å²) in [7, 11) is 0. The summed E-state index contributed by atoms with van der Waals surface area (Å²) in [6, 6.07) is 4.02. The summed E-state index contributed by atoms with van der Waals surface area (Å²) >= 11 is 1.69. The summed E-state index contributed by atoms with van der Waals surface area (Å²) in [5, 5.41) is 2.06. The molecule has 18 heavy (non-hydrogen) atoms. The van der Waals surface area contributed by atoms with Gasteiger partial charge in [0.2, 0.25) is 0 Å². The average molecular weight is 263 g/mol. The van der Waals surface area contributed by atoms with E-state index >= 15 is 0 Å². The highest BCUT2D eigenvalue weighted by Crippen LogP contribution is 2.29. The molecule has 5 heteroatoms. The SMILES string of the molecule is CCOc1cncc(C(NN)c2sccc2C)c1. The Balaban J connectivity index is 2.33. The first-order valence-electron chi connectivity index (χ1n) is 5.84. The van der Waals surface area contributed by atoms with Crippen molar-refractivity contribution in [3.63, 3.8) is 0 Å². The highest BCUT2D eigenvalue weighted by Gasteiger charge is 2.16. The Hall–Kier alpha value is -1.43. The van der Waals surface area contributed by atoms with E-state index in [9.17, 15) is 0 Å². The number of pyridine rings is 1. The maximum atomic E-state index is 5.68. The van der Waals surface area contributed by atoms with Gasteiger partial charge in [-0.3, -0.25) is 10.8 Å². The van der Waals surface area contributed by atoms with Crippen LogP contribution in [0.25, 0.3) is 0 Å².